The molecule has 0 aliphatic heterocycles. The first kappa shape index (κ1) is 13.4. The minimum absolute atomic E-state index is 0.0587. The summed E-state index contributed by atoms with van der Waals surface area (Å²) in [6.07, 6.45) is 10.2. The molecule has 0 saturated heterocycles. The van der Waals surface area contributed by atoms with E-state index in [2.05, 4.69) is 19.2 Å². The van der Waals surface area contributed by atoms with Crippen molar-refractivity contribution in [2.45, 2.75) is 76.8 Å². The normalized spacial score (nSPS) is 37.9. The molecule has 0 spiro atoms. The average molecular weight is 239 g/mol. The Morgan fingerprint density at radius 1 is 1.06 bits per heavy atom. The fourth-order valence-electron chi connectivity index (χ4n) is 3.69. The Balaban J connectivity index is 1.90. The summed E-state index contributed by atoms with van der Waals surface area (Å²) < 4.78 is 0. The van der Waals surface area contributed by atoms with Crippen LogP contribution in [0.5, 0.6) is 0 Å². The van der Waals surface area contributed by atoms with E-state index in [0.717, 1.165) is 11.8 Å². The molecule has 17 heavy (non-hydrogen) atoms. The van der Waals surface area contributed by atoms with Crippen LogP contribution in [0.15, 0.2) is 0 Å². The van der Waals surface area contributed by atoms with E-state index in [1.54, 1.807) is 0 Å². The van der Waals surface area contributed by atoms with Gasteiger partial charge in [0, 0.05) is 11.6 Å². The van der Waals surface area contributed by atoms with Crippen LogP contribution >= 0.6 is 0 Å². The molecule has 3 unspecified atom stereocenters. The fourth-order valence-corrected chi connectivity index (χ4v) is 3.69. The summed E-state index contributed by atoms with van der Waals surface area (Å²) in [6, 6.07) is 0.645. The molecule has 3 atom stereocenters. The lowest BCUT2D eigenvalue weighted by molar-refractivity contribution is 0.0896. The quantitative estimate of drug-likeness (QED) is 0.793. The van der Waals surface area contributed by atoms with Crippen LogP contribution in [0.2, 0.25) is 0 Å². The molecule has 2 aliphatic carbocycles. The molecule has 0 aromatic heterocycles. The molecule has 0 radical (unpaired) electrons. The molecule has 0 heterocycles. The first-order valence-corrected chi connectivity index (χ1v) is 7.54. The lowest BCUT2D eigenvalue weighted by Gasteiger charge is -2.43. The number of nitrogens with one attached hydrogen (secondary N) is 1. The largest absolute Gasteiger partial charge is 0.394 e. The summed E-state index contributed by atoms with van der Waals surface area (Å²) >= 11 is 0. The molecule has 2 nitrogen and oxygen atoms in total. The fraction of sp³-hybridized carbons (Fsp3) is 1.00. The van der Waals surface area contributed by atoms with Crippen molar-refractivity contribution in [3.63, 3.8) is 0 Å². The minimum atomic E-state index is 0.0587. The van der Waals surface area contributed by atoms with E-state index >= 15 is 0 Å². The molecule has 100 valence electrons. The van der Waals surface area contributed by atoms with Crippen LogP contribution in [-0.2, 0) is 0 Å². The second-order valence-corrected chi connectivity index (χ2v) is 6.61. The molecular formula is C15H29NO. The Labute approximate surface area is 106 Å². The van der Waals surface area contributed by atoms with Gasteiger partial charge in [-0.05, 0) is 43.9 Å². The highest BCUT2D eigenvalue weighted by Crippen LogP contribution is 2.33. The summed E-state index contributed by atoms with van der Waals surface area (Å²) in [6.45, 7) is 5.09. The van der Waals surface area contributed by atoms with Gasteiger partial charge in [-0.15, -0.1) is 0 Å². The molecule has 2 heteroatoms. The van der Waals surface area contributed by atoms with Crippen LogP contribution in [0.4, 0.5) is 0 Å². The van der Waals surface area contributed by atoms with Gasteiger partial charge in [0.15, 0.2) is 0 Å². The summed E-state index contributed by atoms with van der Waals surface area (Å²) in [5.41, 5.74) is 0.0587. The molecule has 0 aromatic rings. The molecule has 2 rings (SSSR count). The summed E-state index contributed by atoms with van der Waals surface area (Å²) in [5.74, 6) is 1.71. The van der Waals surface area contributed by atoms with Crippen LogP contribution in [0, 0.1) is 11.8 Å². The summed E-state index contributed by atoms with van der Waals surface area (Å²) in [7, 11) is 0. The standard InChI is InChI=1S/C15H29NO/c1-12-6-7-14(10-13(12)2)16-15(11-17)8-4-3-5-9-15/h12-14,16-17H,3-11H2,1-2H3. The molecule has 2 aliphatic rings. The van der Waals surface area contributed by atoms with Crippen LogP contribution in [0.1, 0.15) is 65.2 Å². The molecule has 2 saturated carbocycles. The maximum atomic E-state index is 9.73. The van der Waals surface area contributed by atoms with Gasteiger partial charge in [0.25, 0.3) is 0 Å². The highest BCUT2D eigenvalue weighted by Gasteiger charge is 2.35. The topological polar surface area (TPSA) is 32.3 Å². The number of hydrogen-bond donors (Lipinski definition) is 2. The first-order valence-electron chi connectivity index (χ1n) is 7.54. The zero-order valence-corrected chi connectivity index (χ0v) is 11.5. The highest BCUT2D eigenvalue weighted by molar-refractivity contribution is 4.94. The van der Waals surface area contributed by atoms with Crippen molar-refractivity contribution in [1.29, 1.82) is 0 Å². The number of aliphatic hydroxyl groups is 1. The summed E-state index contributed by atoms with van der Waals surface area (Å²) in [4.78, 5) is 0. The van der Waals surface area contributed by atoms with Gasteiger partial charge in [0.05, 0.1) is 6.61 Å². The van der Waals surface area contributed by atoms with Crippen molar-refractivity contribution in [3.8, 4) is 0 Å². The zero-order chi connectivity index (χ0) is 12.3. The third-order valence-electron chi connectivity index (χ3n) is 5.22. The van der Waals surface area contributed by atoms with Crippen molar-refractivity contribution in [2.24, 2.45) is 11.8 Å². The van der Waals surface area contributed by atoms with Crippen LogP contribution in [0.25, 0.3) is 0 Å². The Bertz CT molecular complexity index is 235. The van der Waals surface area contributed by atoms with E-state index in [4.69, 9.17) is 0 Å². The predicted molar refractivity (Wildman–Crippen MR) is 72.0 cm³/mol. The van der Waals surface area contributed by atoms with Gasteiger partial charge >= 0.3 is 0 Å². The van der Waals surface area contributed by atoms with Gasteiger partial charge in [-0.25, -0.2) is 0 Å². The van der Waals surface area contributed by atoms with E-state index < -0.39 is 0 Å². The Morgan fingerprint density at radius 3 is 2.35 bits per heavy atom. The molecule has 0 aromatic carbocycles. The zero-order valence-electron chi connectivity index (χ0n) is 11.5. The van der Waals surface area contributed by atoms with Gasteiger partial charge < -0.3 is 10.4 Å². The Morgan fingerprint density at radius 2 is 1.76 bits per heavy atom. The predicted octanol–water partition coefficient (Wildman–Crippen LogP) is 3.10. The number of rotatable bonds is 3. The van der Waals surface area contributed by atoms with Gasteiger partial charge in [-0.3, -0.25) is 0 Å². The third-order valence-corrected chi connectivity index (χ3v) is 5.22. The van der Waals surface area contributed by atoms with Crippen molar-refractivity contribution in [3.05, 3.63) is 0 Å². The highest BCUT2D eigenvalue weighted by atomic mass is 16.3. The van der Waals surface area contributed by atoms with E-state index in [1.807, 2.05) is 0 Å². The first-order chi connectivity index (χ1) is 8.15. The van der Waals surface area contributed by atoms with Crippen molar-refractivity contribution < 1.29 is 5.11 Å². The van der Waals surface area contributed by atoms with Crippen LogP contribution < -0.4 is 5.32 Å². The minimum Gasteiger partial charge on any atom is -0.394 e. The molecule has 0 bridgehead atoms. The SMILES string of the molecule is CC1CCC(NC2(CO)CCCCC2)CC1C. The van der Waals surface area contributed by atoms with E-state index in [1.165, 1.54) is 51.4 Å². The molecular weight excluding hydrogens is 210 g/mol. The van der Waals surface area contributed by atoms with Crippen LogP contribution in [0.3, 0.4) is 0 Å². The number of aliphatic hydroxyl groups excluding tert-OH is 1. The third kappa shape index (κ3) is 3.23. The molecule has 2 N–H and O–H groups in total. The van der Waals surface area contributed by atoms with Gasteiger partial charge in [-0.1, -0.05) is 33.1 Å². The van der Waals surface area contributed by atoms with Crippen molar-refractivity contribution in [2.75, 3.05) is 6.61 Å². The lowest BCUT2D eigenvalue weighted by atomic mass is 9.76. The van der Waals surface area contributed by atoms with Crippen molar-refractivity contribution in [1.82, 2.24) is 5.32 Å². The number of hydrogen-bond acceptors (Lipinski definition) is 2. The van der Waals surface area contributed by atoms with Crippen molar-refractivity contribution >= 4 is 0 Å². The summed E-state index contributed by atoms with van der Waals surface area (Å²) in [5, 5.41) is 13.5. The van der Waals surface area contributed by atoms with Crippen LogP contribution in [-0.4, -0.2) is 23.3 Å². The van der Waals surface area contributed by atoms with E-state index in [0.29, 0.717) is 12.6 Å². The van der Waals surface area contributed by atoms with Gasteiger partial charge in [0.1, 0.15) is 0 Å². The maximum Gasteiger partial charge on any atom is 0.0613 e. The lowest BCUT2D eigenvalue weighted by Crippen LogP contribution is -2.55. The van der Waals surface area contributed by atoms with E-state index in [-0.39, 0.29) is 5.54 Å². The smallest absolute Gasteiger partial charge is 0.0613 e. The second-order valence-electron chi connectivity index (χ2n) is 6.61. The molecule has 0 amide bonds. The second kappa shape index (κ2) is 5.71. The Hall–Kier alpha value is -0.0800. The monoisotopic (exact) mass is 239 g/mol. The van der Waals surface area contributed by atoms with Gasteiger partial charge in [-0.2, -0.15) is 0 Å². The average Bonchev–Trinajstić information content (AvgIpc) is 2.35. The molecule has 2 fully saturated rings. The van der Waals surface area contributed by atoms with Gasteiger partial charge in [0.2, 0.25) is 0 Å². The Kier molecular flexibility index (Phi) is 4.48. The maximum absolute atomic E-state index is 9.73. The van der Waals surface area contributed by atoms with E-state index in [9.17, 15) is 5.11 Å².